The highest BCUT2D eigenvalue weighted by Gasteiger charge is 2.48. The molecule has 2 aromatic heterocycles. The minimum absolute atomic E-state index is 0.103. The van der Waals surface area contributed by atoms with Crippen molar-refractivity contribution in [1.82, 2.24) is 14.5 Å². The Hall–Kier alpha value is -3.42. The van der Waals surface area contributed by atoms with Gasteiger partial charge in [-0.15, -0.1) is 0 Å². The zero-order valence-electron chi connectivity index (χ0n) is 19.0. The molecule has 1 spiro atoms. The van der Waals surface area contributed by atoms with Crippen molar-refractivity contribution in [2.24, 2.45) is 0 Å². The highest BCUT2D eigenvalue weighted by molar-refractivity contribution is 6.31. The van der Waals surface area contributed by atoms with Crippen LogP contribution in [0, 0.1) is 5.82 Å². The molecule has 0 radical (unpaired) electrons. The lowest BCUT2D eigenvalue weighted by Gasteiger charge is -2.38. The van der Waals surface area contributed by atoms with Gasteiger partial charge in [0.2, 0.25) is 0 Å². The average molecular weight is 524 g/mol. The summed E-state index contributed by atoms with van der Waals surface area (Å²) in [6, 6.07) is 13.3. The fraction of sp³-hybridized carbons (Fsp3) is 0.222. The molecule has 4 aromatic rings. The van der Waals surface area contributed by atoms with Crippen molar-refractivity contribution in [3.8, 4) is 0 Å². The molecule has 0 saturated carbocycles. The van der Waals surface area contributed by atoms with Gasteiger partial charge in [0.25, 0.3) is 5.91 Å². The van der Waals surface area contributed by atoms with Crippen LogP contribution in [-0.2, 0) is 16.9 Å². The number of nitrogens with zero attached hydrogens (tertiary/aromatic N) is 3. The maximum Gasteiger partial charge on any atom is 0.339 e. The van der Waals surface area contributed by atoms with Gasteiger partial charge in [0, 0.05) is 60.8 Å². The highest BCUT2D eigenvalue weighted by atomic mass is 35.5. The van der Waals surface area contributed by atoms with E-state index >= 15 is 0 Å². The van der Waals surface area contributed by atoms with Gasteiger partial charge in [0.1, 0.15) is 16.6 Å². The summed E-state index contributed by atoms with van der Waals surface area (Å²) in [7, 11) is 0. The Labute approximate surface area is 216 Å². The van der Waals surface area contributed by atoms with Gasteiger partial charge in [0.05, 0.1) is 16.6 Å². The van der Waals surface area contributed by atoms with E-state index in [4.69, 9.17) is 27.9 Å². The lowest BCUT2D eigenvalue weighted by Crippen LogP contribution is -2.45. The number of amides is 1. The standard InChI is InChI=1S/C27H20Cl2FN3O3/c28-17-2-4-19-21(15-33(23(19)11-17)14-16-1-6-24(29)31-13-16)25(34)32-9-7-27(8-10-32)22-5-3-18(30)12-20(22)26(35)36-27/h1-6,11-13,15H,7-10,14H2. The summed E-state index contributed by atoms with van der Waals surface area (Å²) in [5, 5.41) is 1.80. The number of halogens is 3. The van der Waals surface area contributed by atoms with Crippen molar-refractivity contribution < 1.29 is 18.7 Å². The smallest absolute Gasteiger partial charge is 0.339 e. The molecule has 2 aliphatic rings. The summed E-state index contributed by atoms with van der Waals surface area (Å²) < 4.78 is 21.4. The number of esters is 1. The first-order valence-electron chi connectivity index (χ1n) is 11.5. The maximum absolute atomic E-state index is 13.7. The summed E-state index contributed by atoms with van der Waals surface area (Å²) in [4.78, 5) is 32.0. The lowest BCUT2D eigenvalue weighted by atomic mass is 9.83. The summed E-state index contributed by atoms with van der Waals surface area (Å²) in [5.41, 5.74) is 2.50. The van der Waals surface area contributed by atoms with Crippen LogP contribution in [0.2, 0.25) is 10.2 Å². The van der Waals surface area contributed by atoms with E-state index in [1.807, 2.05) is 29.0 Å². The summed E-state index contributed by atoms with van der Waals surface area (Å²) in [5.74, 6) is -1.09. The molecule has 0 aliphatic carbocycles. The van der Waals surface area contributed by atoms with E-state index in [9.17, 15) is 14.0 Å². The molecule has 182 valence electrons. The zero-order valence-corrected chi connectivity index (χ0v) is 20.5. The van der Waals surface area contributed by atoms with Crippen LogP contribution in [0.1, 0.15) is 44.7 Å². The Morgan fingerprint density at radius 1 is 1.08 bits per heavy atom. The Balaban J connectivity index is 1.28. The van der Waals surface area contributed by atoms with Crippen molar-refractivity contribution >= 4 is 46.0 Å². The second-order valence-electron chi connectivity index (χ2n) is 9.19. The summed E-state index contributed by atoms with van der Waals surface area (Å²) in [6.07, 6.45) is 4.45. The minimum Gasteiger partial charge on any atom is -0.450 e. The third-order valence-electron chi connectivity index (χ3n) is 7.06. The minimum atomic E-state index is -0.819. The number of aromatic nitrogens is 2. The summed E-state index contributed by atoms with van der Waals surface area (Å²) in [6.45, 7) is 1.31. The highest BCUT2D eigenvalue weighted by Crippen LogP contribution is 2.44. The van der Waals surface area contributed by atoms with E-state index < -0.39 is 17.4 Å². The Kier molecular flexibility index (Phi) is 5.50. The van der Waals surface area contributed by atoms with Gasteiger partial charge in [-0.2, -0.15) is 0 Å². The number of benzene rings is 2. The number of rotatable bonds is 3. The van der Waals surface area contributed by atoms with E-state index in [-0.39, 0.29) is 11.5 Å². The summed E-state index contributed by atoms with van der Waals surface area (Å²) >= 11 is 12.2. The molecule has 9 heteroatoms. The van der Waals surface area contributed by atoms with Crippen LogP contribution in [0.15, 0.2) is 60.9 Å². The van der Waals surface area contributed by atoms with E-state index in [1.165, 1.54) is 12.1 Å². The molecule has 0 bridgehead atoms. The number of hydrogen-bond donors (Lipinski definition) is 0. The third-order valence-corrected chi connectivity index (χ3v) is 7.51. The van der Waals surface area contributed by atoms with Crippen LogP contribution in [0.4, 0.5) is 4.39 Å². The third kappa shape index (κ3) is 3.83. The number of likely N-dealkylation sites (tertiary alicyclic amines) is 1. The number of ether oxygens (including phenoxy) is 1. The molecule has 6 nitrogen and oxygen atoms in total. The fourth-order valence-electron chi connectivity index (χ4n) is 5.25. The molecule has 1 saturated heterocycles. The van der Waals surface area contributed by atoms with Crippen LogP contribution in [0.5, 0.6) is 0 Å². The van der Waals surface area contributed by atoms with Crippen molar-refractivity contribution in [2.45, 2.75) is 25.0 Å². The normalized spacial score (nSPS) is 16.4. The molecular formula is C27H20Cl2FN3O3. The van der Waals surface area contributed by atoms with Crippen molar-refractivity contribution in [2.75, 3.05) is 13.1 Å². The van der Waals surface area contributed by atoms with Crippen LogP contribution >= 0.6 is 23.2 Å². The number of fused-ring (bicyclic) bond motifs is 3. The van der Waals surface area contributed by atoms with Gasteiger partial charge < -0.3 is 14.2 Å². The molecule has 36 heavy (non-hydrogen) atoms. The van der Waals surface area contributed by atoms with Crippen molar-refractivity contribution in [3.05, 3.63) is 99.2 Å². The molecule has 1 fully saturated rings. The van der Waals surface area contributed by atoms with E-state index in [0.29, 0.717) is 53.8 Å². The lowest BCUT2D eigenvalue weighted by molar-refractivity contribution is -0.0389. The van der Waals surface area contributed by atoms with Crippen LogP contribution in [0.25, 0.3) is 10.9 Å². The monoisotopic (exact) mass is 523 g/mol. The molecule has 4 heterocycles. The Morgan fingerprint density at radius 3 is 2.64 bits per heavy atom. The molecule has 2 aliphatic heterocycles. The van der Waals surface area contributed by atoms with Gasteiger partial charge in [-0.3, -0.25) is 4.79 Å². The number of hydrogen-bond acceptors (Lipinski definition) is 4. The topological polar surface area (TPSA) is 64.4 Å². The first-order valence-corrected chi connectivity index (χ1v) is 12.3. The van der Waals surface area contributed by atoms with Crippen molar-refractivity contribution in [1.29, 1.82) is 0 Å². The van der Waals surface area contributed by atoms with Gasteiger partial charge in [0.15, 0.2) is 0 Å². The molecule has 0 unspecified atom stereocenters. The van der Waals surface area contributed by atoms with E-state index in [0.717, 1.165) is 16.5 Å². The Bertz CT molecular complexity index is 1530. The predicted molar refractivity (Wildman–Crippen MR) is 134 cm³/mol. The molecule has 0 atom stereocenters. The van der Waals surface area contributed by atoms with E-state index in [1.54, 1.807) is 29.3 Å². The average Bonchev–Trinajstić information content (AvgIpc) is 3.35. The number of pyridine rings is 1. The molecule has 1 amide bonds. The number of carbonyl (C=O) groups excluding carboxylic acids is 2. The number of piperidine rings is 1. The zero-order chi connectivity index (χ0) is 25.0. The fourth-order valence-corrected chi connectivity index (χ4v) is 5.52. The first kappa shape index (κ1) is 23.0. The van der Waals surface area contributed by atoms with Gasteiger partial charge in [-0.25, -0.2) is 14.2 Å². The Morgan fingerprint density at radius 2 is 1.89 bits per heavy atom. The molecular weight excluding hydrogens is 504 g/mol. The molecule has 0 N–H and O–H groups in total. The van der Waals surface area contributed by atoms with Gasteiger partial charge >= 0.3 is 5.97 Å². The second kappa shape index (κ2) is 8.61. The second-order valence-corrected chi connectivity index (χ2v) is 10.0. The molecule has 6 rings (SSSR count). The van der Waals surface area contributed by atoms with Gasteiger partial charge in [-0.05, 0) is 35.9 Å². The molecule has 2 aromatic carbocycles. The van der Waals surface area contributed by atoms with Crippen LogP contribution in [-0.4, -0.2) is 39.4 Å². The quantitative estimate of drug-likeness (QED) is 0.250. The predicted octanol–water partition coefficient (Wildman–Crippen LogP) is 5.83. The van der Waals surface area contributed by atoms with Crippen molar-refractivity contribution in [3.63, 3.8) is 0 Å². The first-order chi connectivity index (χ1) is 17.3. The maximum atomic E-state index is 13.7. The largest absolute Gasteiger partial charge is 0.450 e. The van der Waals surface area contributed by atoms with Crippen LogP contribution in [0.3, 0.4) is 0 Å². The van der Waals surface area contributed by atoms with Gasteiger partial charge in [-0.1, -0.05) is 41.4 Å². The van der Waals surface area contributed by atoms with E-state index in [2.05, 4.69) is 4.98 Å². The SMILES string of the molecule is O=C1OC2(CCN(C(=O)c3cn(Cc4ccc(Cl)nc4)c4cc(Cl)ccc34)CC2)c2ccc(F)cc21. The van der Waals surface area contributed by atoms with Crippen LogP contribution < -0.4 is 0 Å². The number of carbonyl (C=O) groups is 2.